The van der Waals surface area contributed by atoms with Crippen molar-refractivity contribution in [2.24, 2.45) is 17.3 Å². The number of esters is 1. The zero-order valence-corrected chi connectivity index (χ0v) is 17.4. The fourth-order valence-corrected chi connectivity index (χ4v) is 3.56. The molecular formula is C23H19ClF3NO3. The highest BCUT2D eigenvalue weighted by molar-refractivity contribution is 6.30. The highest BCUT2D eigenvalue weighted by Gasteiger charge is 2.64. The van der Waals surface area contributed by atoms with Gasteiger partial charge in [0.15, 0.2) is 0 Å². The molecule has 8 heteroatoms. The Bertz CT molecular complexity index is 1030. The maximum atomic E-state index is 12.7. The number of carbonyl (C=O) groups excluding carboxylic acids is 1. The summed E-state index contributed by atoms with van der Waals surface area (Å²) in [7, 11) is 0. The fraction of sp³-hybridized carbons (Fsp3) is 0.304. The summed E-state index contributed by atoms with van der Waals surface area (Å²) >= 11 is 5.32. The fourth-order valence-electron chi connectivity index (χ4n) is 3.43. The first-order valence-electron chi connectivity index (χ1n) is 9.45. The molecule has 4 unspecified atom stereocenters. The second-order valence-electron chi connectivity index (χ2n) is 7.51. The number of halogens is 4. The van der Waals surface area contributed by atoms with Crippen LogP contribution in [0, 0.1) is 28.6 Å². The number of carbonyl (C=O) groups is 1. The number of para-hydroxylation sites is 1. The standard InChI is InChI=1S/C23H19ClF3NO3/c1-14-18(12-20(24)23(25,26)27)22(14,2)21(29)31-19(13-28)15-7-6-10-17(11-15)30-16-8-4-3-5-9-16/h3-12,14,18-19H,1-2H3. The minimum atomic E-state index is -4.68. The third-order valence-corrected chi connectivity index (χ3v) is 5.93. The van der Waals surface area contributed by atoms with Crippen molar-refractivity contribution >= 4 is 17.6 Å². The van der Waals surface area contributed by atoms with Crippen molar-refractivity contribution in [1.82, 2.24) is 0 Å². The van der Waals surface area contributed by atoms with Gasteiger partial charge in [-0.2, -0.15) is 18.4 Å². The van der Waals surface area contributed by atoms with Crippen LogP contribution in [-0.4, -0.2) is 12.1 Å². The lowest BCUT2D eigenvalue weighted by Gasteiger charge is -2.16. The van der Waals surface area contributed by atoms with Crippen molar-refractivity contribution in [3.8, 4) is 17.6 Å². The van der Waals surface area contributed by atoms with Gasteiger partial charge in [0, 0.05) is 5.56 Å². The molecule has 0 aromatic heterocycles. The van der Waals surface area contributed by atoms with Crippen molar-refractivity contribution in [2.75, 3.05) is 0 Å². The molecule has 0 amide bonds. The van der Waals surface area contributed by atoms with Gasteiger partial charge in [-0.3, -0.25) is 4.79 Å². The quantitative estimate of drug-likeness (QED) is 0.469. The molecule has 0 saturated heterocycles. The summed E-state index contributed by atoms with van der Waals surface area (Å²) in [5, 5.41) is 8.25. The van der Waals surface area contributed by atoms with Gasteiger partial charge in [0.2, 0.25) is 6.10 Å². The molecule has 0 spiro atoms. The number of nitriles is 1. The number of allylic oxidation sites excluding steroid dienone is 2. The number of benzene rings is 2. The normalized spacial score (nSPS) is 24.1. The van der Waals surface area contributed by atoms with Crippen LogP contribution in [0.4, 0.5) is 13.2 Å². The van der Waals surface area contributed by atoms with Crippen LogP contribution in [0.2, 0.25) is 0 Å². The molecule has 0 heterocycles. The first kappa shape index (κ1) is 22.7. The first-order chi connectivity index (χ1) is 14.6. The van der Waals surface area contributed by atoms with E-state index in [1.54, 1.807) is 43.3 Å². The van der Waals surface area contributed by atoms with E-state index in [4.69, 9.17) is 21.1 Å². The number of hydrogen-bond donors (Lipinski definition) is 0. The molecule has 2 aromatic rings. The van der Waals surface area contributed by atoms with Gasteiger partial charge in [-0.15, -0.1) is 0 Å². The topological polar surface area (TPSA) is 59.3 Å². The predicted molar refractivity (Wildman–Crippen MR) is 108 cm³/mol. The van der Waals surface area contributed by atoms with E-state index in [1.165, 1.54) is 6.92 Å². The number of rotatable bonds is 6. The molecule has 1 aliphatic carbocycles. The Hall–Kier alpha value is -2.98. The largest absolute Gasteiger partial charge is 0.457 e. The third kappa shape index (κ3) is 4.86. The summed E-state index contributed by atoms with van der Waals surface area (Å²) in [6, 6.07) is 17.4. The Labute approximate surface area is 182 Å². The molecule has 0 bridgehead atoms. The Morgan fingerprint density at radius 3 is 2.45 bits per heavy atom. The molecule has 3 rings (SSSR count). The molecule has 1 fully saturated rings. The molecule has 4 nitrogen and oxygen atoms in total. The minimum Gasteiger partial charge on any atom is -0.457 e. The van der Waals surface area contributed by atoms with Gasteiger partial charge in [-0.05, 0) is 43.0 Å². The monoisotopic (exact) mass is 449 g/mol. The average molecular weight is 450 g/mol. The molecule has 1 aliphatic rings. The van der Waals surface area contributed by atoms with E-state index in [9.17, 15) is 23.2 Å². The molecule has 0 radical (unpaired) electrons. The highest BCUT2D eigenvalue weighted by Crippen LogP contribution is 2.61. The number of nitrogens with zero attached hydrogens (tertiary/aromatic N) is 1. The molecule has 162 valence electrons. The van der Waals surface area contributed by atoms with E-state index in [2.05, 4.69) is 0 Å². The minimum absolute atomic E-state index is 0.390. The molecule has 1 saturated carbocycles. The van der Waals surface area contributed by atoms with Crippen molar-refractivity contribution in [2.45, 2.75) is 26.1 Å². The van der Waals surface area contributed by atoms with Gasteiger partial charge in [0.05, 0.1) is 5.41 Å². The van der Waals surface area contributed by atoms with Crippen molar-refractivity contribution in [1.29, 1.82) is 5.26 Å². The zero-order chi connectivity index (χ0) is 22.8. The highest BCUT2D eigenvalue weighted by atomic mass is 35.5. The Balaban J connectivity index is 1.74. The lowest BCUT2D eigenvalue weighted by Crippen LogP contribution is -2.21. The van der Waals surface area contributed by atoms with Gasteiger partial charge < -0.3 is 9.47 Å². The molecule has 0 N–H and O–H groups in total. The van der Waals surface area contributed by atoms with Crippen LogP contribution in [0.15, 0.2) is 65.7 Å². The van der Waals surface area contributed by atoms with Crippen LogP contribution in [0.5, 0.6) is 11.5 Å². The van der Waals surface area contributed by atoms with E-state index in [0.29, 0.717) is 17.1 Å². The lowest BCUT2D eigenvalue weighted by molar-refractivity contribution is -0.153. The summed E-state index contributed by atoms with van der Waals surface area (Å²) < 4.78 is 49.3. The van der Waals surface area contributed by atoms with Gasteiger partial charge in [-0.25, -0.2) is 0 Å². The van der Waals surface area contributed by atoms with Gasteiger partial charge >= 0.3 is 12.1 Å². The van der Waals surface area contributed by atoms with E-state index in [0.717, 1.165) is 6.08 Å². The summed E-state index contributed by atoms with van der Waals surface area (Å²) in [4.78, 5) is 12.7. The summed E-state index contributed by atoms with van der Waals surface area (Å²) in [5.74, 6) is -0.859. The second-order valence-corrected chi connectivity index (χ2v) is 7.92. The Kier molecular flexibility index (Phi) is 6.33. The van der Waals surface area contributed by atoms with Crippen LogP contribution in [0.1, 0.15) is 25.5 Å². The lowest BCUT2D eigenvalue weighted by atomic mass is 10.0. The summed E-state index contributed by atoms with van der Waals surface area (Å²) in [5.41, 5.74) is -0.805. The van der Waals surface area contributed by atoms with E-state index in [-0.39, 0.29) is 0 Å². The van der Waals surface area contributed by atoms with Crippen LogP contribution in [-0.2, 0) is 9.53 Å². The molecule has 31 heavy (non-hydrogen) atoms. The molecule has 0 aliphatic heterocycles. The molecule has 4 atom stereocenters. The van der Waals surface area contributed by atoms with Crippen LogP contribution in [0.25, 0.3) is 0 Å². The number of alkyl halides is 3. The second kappa shape index (κ2) is 8.64. The van der Waals surface area contributed by atoms with Crippen molar-refractivity contribution < 1.29 is 27.4 Å². The van der Waals surface area contributed by atoms with E-state index >= 15 is 0 Å². The number of hydrogen-bond acceptors (Lipinski definition) is 4. The smallest absolute Gasteiger partial charge is 0.426 e. The molecule has 2 aromatic carbocycles. The van der Waals surface area contributed by atoms with E-state index in [1.807, 2.05) is 24.3 Å². The summed E-state index contributed by atoms with van der Waals surface area (Å²) in [6.45, 7) is 3.14. The Morgan fingerprint density at radius 2 is 1.84 bits per heavy atom. The van der Waals surface area contributed by atoms with Crippen molar-refractivity contribution in [3.05, 3.63) is 71.3 Å². The maximum Gasteiger partial charge on any atom is 0.426 e. The first-order valence-corrected chi connectivity index (χ1v) is 9.83. The van der Waals surface area contributed by atoms with Gasteiger partial charge in [-0.1, -0.05) is 54.9 Å². The van der Waals surface area contributed by atoms with Crippen LogP contribution in [0.3, 0.4) is 0 Å². The third-order valence-electron chi connectivity index (χ3n) is 5.59. The van der Waals surface area contributed by atoms with Crippen molar-refractivity contribution in [3.63, 3.8) is 0 Å². The van der Waals surface area contributed by atoms with Crippen LogP contribution >= 0.6 is 11.6 Å². The van der Waals surface area contributed by atoms with Gasteiger partial charge in [0.1, 0.15) is 22.6 Å². The maximum absolute atomic E-state index is 12.7. The zero-order valence-electron chi connectivity index (χ0n) is 16.7. The summed E-state index contributed by atoms with van der Waals surface area (Å²) in [6.07, 6.45) is -5.08. The SMILES string of the molecule is CC1C(C=C(Cl)C(F)(F)F)C1(C)C(=O)OC(C#N)c1cccc(Oc2ccccc2)c1. The predicted octanol–water partition coefficient (Wildman–Crippen LogP) is 6.54. The van der Waals surface area contributed by atoms with E-state index < -0.39 is 40.5 Å². The molecular weight excluding hydrogens is 431 g/mol. The average Bonchev–Trinajstić information content (AvgIpc) is 3.26. The van der Waals surface area contributed by atoms with Gasteiger partial charge in [0.25, 0.3) is 0 Å². The van der Waals surface area contributed by atoms with Crippen LogP contribution < -0.4 is 4.74 Å². The Morgan fingerprint density at radius 1 is 1.19 bits per heavy atom. The number of ether oxygens (including phenoxy) is 2.